The second kappa shape index (κ2) is 5.05. The maximum Gasteiger partial charge on any atom is 0.00528 e. The van der Waals surface area contributed by atoms with Crippen LogP contribution in [0.3, 0.4) is 0 Å². The van der Waals surface area contributed by atoms with E-state index in [1.165, 1.54) is 31.2 Å². The predicted molar refractivity (Wildman–Crippen MR) is 75.5 cm³/mol. The first-order chi connectivity index (χ1) is 7.79. The Bertz CT molecular complexity index is 445. The van der Waals surface area contributed by atoms with E-state index in [1.807, 2.05) is 0 Å². The average molecular weight is 219 g/mol. The van der Waals surface area contributed by atoms with Crippen molar-refractivity contribution in [1.29, 1.82) is 0 Å². The third-order valence-electron chi connectivity index (χ3n) is 4.40. The average Bonchev–Trinajstić information content (AvgIpc) is 2.90. The van der Waals surface area contributed by atoms with Crippen molar-refractivity contribution in [3.05, 3.63) is 40.5 Å². The SMILES string of the molecule is CCC(C)C1C=Cc2cc3c(cc21)CCC3.[Li]. The zero-order valence-corrected chi connectivity index (χ0v) is 11.3. The van der Waals surface area contributed by atoms with Gasteiger partial charge in [-0.3, -0.25) is 0 Å². The summed E-state index contributed by atoms with van der Waals surface area (Å²) in [5.41, 5.74) is 6.31. The molecule has 0 fully saturated rings. The summed E-state index contributed by atoms with van der Waals surface area (Å²) in [4.78, 5) is 0. The van der Waals surface area contributed by atoms with Crippen LogP contribution in [0.2, 0.25) is 0 Å². The summed E-state index contributed by atoms with van der Waals surface area (Å²) in [6.07, 6.45) is 9.97. The van der Waals surface area contributed by atoms with Crippen LogP contribution in [0, 0.1) is 5.92 Å². The molecule has 0 spiro atoms. The van der Waals surface area contributed by atoms with E-state index >= 15 is 0 Å². The van der Waals surface area contributed by atoms with Gasteiger partial charge in [-0.15, -0.1) is 0 Å². The molecule has 0 saturated carbocycles. The van der Waals surface area contributed by atoms with Gasteiger partial charge in [0, 0.05) is 24.8 Å². The predicted octanol–water partition coefficient (Wildman–Crippen LogP) is 3.95. The number of rotatable bonds is 2. The van der Waals surface area contributed by atoms with Crippen LogP contribution >= 0.6 is 0 Å². The summed E-state index contributed by atoms with van der Waals surface area (Å²) in [5.74, 6) is 1.45. The molecule has 0 saturated heterocycles. The summed E-state index contributed by atoms with van der Waals surface area (Å²) in [7, 11) is 0. The largest absolute Gasteiger partial charge is 0.0761 e. The van der Waals surface area contributed by atoms with Gasteiger partial charge in [0.05, 0.1) is 0 Å². The molecule has 17 heavy (non-hydrogen) atoms. The molecule has 1 heteroatoms. The molecule has 0 heterocycles. The Morgan fingerprint density at radius 1 is 1.24 bits per heavy atom. The van der Waals surface area contributed by atoms with Gasteiger partial charge < -0.3 is 0 Å². The Morgan fingerprint density at radius 2 is 1.94 bits per heavy atom. The first kappa shape index (κ1) is 13.0. The quantitative estimate of drug-likeness (QED) is 0.661. The van der Waals surface area contributed by atoms with Crippen LogP contribution in [-0.2, 0) is 12.8 Å². The number of fused-ring (bicyclic) bond motifs is 2. The topological polar surface area (TPSA) is 0 Å². The van der Waals surface area contributed by atoms with Gasteiger partial charge in [0.2, 0.25) is 0 Å². The number of aryl methyl sites for hydroxylation is 2. The molecule has 1 aromatic carbocycles. The smallest absolute Gasteiger partial charge is 0.00528 e. The van der Waals surface area contributed by atoms with Gasteiger partial charge in [0.15, 0.2) is 0 Å². The van der Waals surface area contributed by atoms with Crippen molar-refractivity contribution in [2.75, 3.05) is 0 Å². The Labute approximate surface area is 117 Å². The molecule has 0 nitrogen and oxygen atoms in total. The van der Waals surface area contributed by atoms with Crippen LogP contribution in [0.15, 0.2) is 18.2 Å². The van der Waals surface area contributed by atoms with Crippen molar-refractivity contribution < 1.29 is 0 Å². The minimum atomic E-state index is 0. The van der Waals surface area contributed by atoms with E-state index in [9.17, 15) is 0 Å². The fourth-order valence-electron chi connectivity index (χ4n) is 3.16. The molecule has 2 aliphatic carbocycles. The monoisotopic (exact) mass is 219 g/mol. The Balaban J connectivity index is 0.00000108. The standard InChI is InChI=1S/C16H20.Li/c1-3-11(2)15-8-7-14-9-12-5-4-6-13(12)10-16(14)15;/h7-11,15H,3-6H2,1-2H3;. The maximum absolute atomic E-state index is 2.49. The van der Waals surface area contributed by atoms with Crippen molar-refractivity contribution in [2.45, 2.75) is 45.4 Å². The first-order valence-electron chi connectivity index (χ1n) is 6.63. The van der Waals surface area contributed by atoms with Gasteiger partial charge in [-0.1, -0.05) is 44.6 Å². The van der Waals surface area contributed by atoms with Gasteiger partial charge in [0.25, 0.3) is 0 Å². The van der Waals surface area contributed by atoms with Crippen LogP contribution in [-0.4, -0.2) is 18.9 Å². The zero-order chi connectivity index (χ0) is 11.1. The molecule has 85 valence electrons. The molecule has 0 aromatic heterocycles. The van der Waals surface area contributed by atoms with Crippen molar-refractivity contribution in [1.82, 2.24) is 0 Å². The Hall–Kier alpha value is -0.443. The number of hydrogen-bond acceptors (Lipinski definition) is 0. The molecule has 0 N–H and O–H groups in total. The zero-order valence-electron chi connectivity index (χ0n) is 11.3. The van der Waals surface area contributed by atoms with Crippen molar-refractivity contribution in [3.63, 3.8) is 0 Å². The normalized spacial score (nSPS) is 21.9. The van der Waals surface area contributed by atoms with Gasteiger partial charge >= 0.3 is 0 Å². The molecule has 2 aliphatic rings. The molecule has 1 aromatic rings. The molecule has 0 aliphatic heterocycles. The number of allylic oxidation sites excluding steroid dienone is 1. The summed E-state index contributed by atoms with van der Waals surface area (Å²) < 4.78 is 0. The van der Waals surface area contributed by atoms with E-state index in [0.29, 0.717) is 5.92 Å². The Kier molecular flexibility index (Phi) is 3.86. The van der Waals surface area contributed by atoms with E-state index in [-0.39, 0.29) is 18.9 Å². The summed E-state index contributed by atoms with van der Waals surface area (Å²) in [6.45, 7) is 4.67. The minimum absolute atomic E-state index is 0. The van der Waals surface area contributed by atoms with Gasteiger partial charge in [0.1, 0.15) is 0 Å². The van der Waals surface area contributed by atoms with Crippen molar-refractivity contribution in [2.24, 2.45) is 5.92 Å². The fraction of sp³-hybridized carbons (Fsp3) is 0.500. The minimum Gasteiger partial charge on any atom is -0.0761 e. The number of benzene rings is 1. The molecular formula is C16H20Li. The van der Waals surface area contributed by atoms with Crippen LogP contribution in [0.4, 0.5) is 0 Å². The second-order valence-electron chi connectivity index (χ2n) is 5.37. The van der Waals surface area contributed by atoms with E-state index in [2.05, 4.69) is 38.1 Å². The molecular weight excluding hydrogens is 199 g/mol. The van der Waals surface area contributed by atoms with Gasteiger partial charge in [-0.05, 0) is 47.4 Å². The van der Waals surface area contributed by atoms with E-state index in [4.69, 9.17) is 0 Å². The Morgan fingerprint density at radius 3 is 2.65 bits per heavy atom. The molecule has 0 amide bonds. The summed E-state index contributed by atoms with van der Waals surface area (Å²) in [5, 5.41) is 0. The number of hydrogen-bond donors (Lipinski definition) is 0. The molecule has 0 bridgehead atoms. The van der Waals surface area contributed by atoms with Crippen LogP contribution in [0.1, 0.15) is 54.9 Å². The van der Waals surface area contributed by atoms with Gasteiger partial charge in [-0.2, -0.15) is 0 Å². The van der Waals surface area contributed by atoms with Crippen LogP contribution in [0.5, 0.6) is 0 Å². The molecule has 2 unspecified atom stereocenters. The third-order valence-corrected chi connectivity index (χ3v) is 4.40. The van der Waals surface area contributed by atoms with Crippen LogP contribution in [0.25, 0.3) is 6.08 Å². The summed E-state index contributed by atoms with van der Waals surface area (Å²) in [6, 6.07) is 4.94. The van der Waals surface area contributed by atoms with Crippen LogP contribution < -0.4 is 0 Å². The summed E-state index contributed by atoms with van der Waals surface area (Å²) >= 11 is 0. The van der Waals surface area contributed by atoms with Gasteiger partial charge in [-0.25, -0.2) is 0 Å². The second-order valence-corrected chi connectivity index (χ2v) is 5.37. The first-order valence-corrected chi connectivity index (χ1v) is 6.63. The van der Waals surface area contributed by atoms with E-state index in [1.54, 1.807) is 16.7 Å². The molecule has 1 radical (unpaired) electrons. The van der Waals surface area contributed by atoms with E-state index < -0.39 is 0 Å². The third kappa shape index (κ3) is 2.14. The van der Waals surface area contributed by atoms with Crippen molar-refractivity contribution >= 4 is 24.9 Å². The fourth-order valence-corrected chi connectivity index (χ4v) is 3.16. The maximum atomic E-state index is 2.49. The van der Waals surface area contributed by atoms with E-state index in [0.717, 1.165) is 5.92 Å². The van der Waals surface area contributed by atoms with Crippen molar-refractivity contribution in [3.8, 4) is 0 Å². The molecule has 3 rings (SSSR count). The molecule has 2 atom stereocenters.